The third kappa shape index (κ3) is 4.70. The second-order valence-corrected chi connectivity index (χ2v) is 5.74. The van der Waals surface area contributed by atoms with E-state index in [1.165, 1.54) is 12.1 Å². The molecule has 0 aromatic heterocycles. The van der Waals surface area contributed by atoms with Gasteiger partial charge in [-0.05, 0) is 32.2 Å². The van der Waals surface area contributed by atoms with E-state index < -0.39 is 11.9 Å². The predicted molar refractivity (Wildman–Crippen MR) is 95.5 cm³/mol. The van der Waals surface area contributed by atoms with Gasteiger partial charge in [0.05, 0.1) is 25.9 Å². The van der Waals surface area contributed by atoms with E-state index in [2.05, 4.69) is 5.32 Å². The molecule has 2 aromatic carbocycles. The number of nitrogens with one attached hydrogen (secondary N) is 1. The maximum atomic E-state index is 13.7. The van der Waals surface area contributed by atoms with Crippen molar-refractivity contribution in [2.24, 2.45) is 0 Å². The summed E-state index contributed by atoms with van der Waals surface area (Å²) in [6.07, 6.45) is 0. The summed E-state index contributed by atoms with van der Waals surface area (Å²) < 4.78 is 24.2. The molecule has 0 saturated heterocycles. The first-order valence-corrected chi connectivity index (χ1v) is 7.92. The second kappa shape index (κ2) is 8.48. The van der Waals surface area contributed by atoms with Crippen LogP contribution < -0.4 is 14.8 Å². The summed E-state index contributed by atoms with van der Waals surface area (Å²) in [6.45, 7) is 2.27. The Labute approximate surface area is 147 Å². The number of ether oxygens (including phenoxy) is 2. The number of carbonyl (C=O) groups is 1. The fraction of sp³-hybridized carbons (Fsp3) is 0.316. The van der Waals surface area contributed by atoms with Crippen molar-refractivity contribution in [1.82, 2.24) is 4.90 Å². The number of para-hydroxylation sites is 1. The molecule has 0 saturated carbocycles. The lowest BCUT2D eigenvalue weighted by Gasteiger charge is -2.25. The number of hydrogen-bond acceptors (Lipinski definition) is 4. The minimum absolute atomic E-state index is 0.176. The van der Waals surface area contributed by atoms with Crippen molar-refractivity contribution in [3.8, 4) is 11.5 Å². The highest BCUT2D eigenvalue weighted by atomic mass is 19.1. The number of likely N-dealkylation sites (N-methyl/N-ethyl adjacent to an activating group) is 1. The normalized spacial score (nSPS) is 11.9. The lowest BCUT2D eigenvalue weighted by atomic mass is 10.1. The van der Waals surface area contributed by atoms with E-state index in [4.69, 9.17) is 9.47 Å². The average Bonchev–Trinajstić information content (AvgIpc) is 2.63. The van der Waals surface area contributed by atoms with Crippen molar-refractivity contribution in [3.63, 3.8) is 0 Å². The number of carbonyl (C=O) groups excluding carboxylic acids is 1. The standard InChI is InChI=1S/C19H23FN2O3/c1-13(19(23)21-17-8-6-5-7-16(17)20)22(2)12-14-9-10-15(24-3)11-18(14)25-4/h5-11,13H,12H2,1-4H3,(H,21,23)/t13-/m0/s1. The first kappa shape index (κ1) is 18.7. The zero-order valence-electron chi connectivity index (χ0n) is 14.9. The Kier molecular flexibility index (Phi) is 6.36. The summed E-state index contributed by atoms with van der Waals surface area (Å²) in [5.41, 5.74) is 1.10. The molecule has 0 spiro atoms. The number of rotatable bonds is 7. The summed E-state index contributed by atoms with van der Waals surface area (Å²) in [4.78, 5) is 14.2. The number of methoxy groups -OCH3 is 2. The molecule has 0 radical (unpaired) electrons. The zero-order chi connectivity index (χ0) is 18.4. The van der Waals surface area contributed by atoms with Gasteiger partial charge in [0.15, 0.2) is 0 Å². The molecule has 2 rings (SSSR count). The van der Waals surface area contributed by atoms with Gasteiger partial charge in [0.2, 0.25) is 5.91 Å². The van der Waals surface area contributed by atoms with Gasteiger partial charge in [-0.3, -0.25) is 9.69 Å². The first-order chi connectivity index (χ1) is 12.0. The average molecular weight is 346 g/mol. The monoisotopic (exact) mass is 346 g/mol. The Morgan fingerprint density at radius 2 is 1.92 bits per heavy atom. The Morgan fingerprint density at radius 3 is 2.56 bits per heavy atom. The predicted octanol–water partition coefficient (Wildman–Crippen LogP) is 3.30. The SMILES string of the molecule is COc1ccc(CN(C)[C@@H](C)C(=O)Nc2ccccc2F)c(OC)c1. The van der Waals surface area contributed by atoms with Gasteiger partial charge in [-0.15, -0.1) is 0 Å². The molecule has 0 aliphatic rings. The fourth-order valence-electron chi connectivity index (χ4n) is 2.39. The van der Waals surface area contributed by atoms with Gasteiger partial charge in [0.25, 0.3) is 0 Å². The van der Waals surface area contributed by atoms with Crippen LogP contribution in [0.25, 0.3) is 0 Å². The summed E-state index contributed by atoms with van der Waals surface area (Å²) >= 11 is 0. The van der Waals surface area contributed by atoms with E-state index in [0.29, 0.717) is 18.0 Å². The Bertz CT molecular complexity index is 736. The van der Waals surface area contributed by atoms with Crippen LogP contribution in [0.1, 0.15) is 12.5 Å². The van der Waals surface area contributed by atoms with Gasteiger partial charge in [-0.25, -0.2) is 4.39 Å². The maximum absolute atomic E-state index is 13.7. The molecule has 0 aliphatic carbocycles. The quantitative estimate of drug-likeness (QED) is 0.836. The molecule has 1 atom stereocenters. The molecule has 6 heteroatoms. The van der Waals surface area contributed by atoms with Gasteiger partial charge < -0.3 is 14.8 Å². The Hall–Kier alpha value is -2.60. The zero-order valence-corrected chi connectivity index (χ0v) is 14.9. The van der Waals surface area contributed by atoms with Crippen LogP contribution in [0, 0.1) is 5.82 Å². The lowest BCUT2D eigenvalue weighted by Crippen LogP contribution is -2.39. The van der Waals surface area contributed by atoms with Crippen LogP contribution in [0.4, 0.5) is 10.1 Å². The molecular formula is C19H23FN2O3. The number of anilines is 1. The summed E-state index contributed by atoms with van der Waals surface area (Å²) in [6, 6.07) is 11.2. The molecule has 1 N–H and O–H groups in total. The molecule has 25 heavy (non-hydrogen) atoms. The van der Waals surface area contributed by atoms with Gasteiger partial charge in [-0.2, -0.15) is 0 Å². The van der Waals surface area contributed by atoms with E-state index in [0.717, 1.165) is 5.56 Å². The molecule has 5 nitrogen and oxygen atoms in total. The summed E-state index contributed by atoms with van der Waals surface area (Å²) in [5.74, 6) is 0.657. The molecule has 0 bridgehead atoms. The van der Waals surface area contributed by atoms with E-state index in [1.54, 1.807) is 39.3 Å². The van der Waals surface area contributed by atoms with Crippen molar-refractivity contribution in [3.05, 3.63) is 53.8 Å². The van der Waals surface area contributed by atoms with Crippen LogP contribution in [0.5, 0.6) is 11.5 Å². The molecule has 0 aliphatic heterocycles. The Balaban J connectivity index is 2.06. The highest BCUT2D eigenvalue weighted by molar-refractivity contribution is 5.94. The van der Waals surface area contributed by atoms with Crippen LogP contribution in [-0.4, -0.2) is 38.1 Å². The van der Waals surface area contributed by atoms with Gasteiger partial charge in [0.1, 0.15) is 17.3 Å². The number of amides is 1. The van der Waals surface area contributed by atoms with Crippen LogP contribution in [0.2, 0.25) is 0 Å². The highest BCUT2D eigenvalue weighted by Crippen LogP contribution is 2.26. The van der Waals surface area contributed by atoms with E-state index in [1.807, 2.05) is 24.1 Å². The first-order valence-electron chi connectivity index (χ1n) is 7.92. The molecular weight excluding hydrogens is 323 g/mol. The number of benzene rings is 2. The van der Waals surface area contributed by atoms with Crippen molar-refractivity contribution in [2.45, 2.75) is 19.5 Å². The second-order valence-electron chi connectivity index (χ2n) is 5.74. The smallest absolute Gasteiger partial charge is 0.241 e. The summed E-state index contributed by atoms with van der Waals surface area (Å²) in [7, 11) is 5.01. The maximum Gasteiger partial charge on any atom is 0.241 e. The van der Waals surface area contributed by atoms with Gasteiger partial charge in [0, 0.05) is 18.2 Å². The lowest BCUT2D eigenvalue weighted by molar-refractivity contribution is -0.120. The molecule has 0 heterocycles. The van der Waals surface area contributed by atoms with Crippen LogP contribution >= 0.6 is 0 Å². The molecule has 1 amide bonds. The topological polar surface area (TPSA) is 50.8 Å². The van der Waals surface area contributed by atoms with Gasteiger partial charge in [-0.1, -0.05) is 18.2 Å². The fourth-order valence-corrected chi connectivity index (χ4v) is 2.39. The van der Waals surface area contributed by atoms with Crippen LogP contribution in [-0.2, 0) is 11.3 Å². The van der Waals surface area contributed by atoms with Crippen molar-refractivity contribution in [2.75, 3.05) is 26.6 Å². The third-order valence-electron chi connectivity index (χ3n) is 4.09. The molecule has 134 valence electrons. The number of nitrogens with zero attached hydrogens (tertiary/aromatic N) is 1. The van der Waals surface area contributed by atoms with E-state index in [9.17, 15) is 9.18 Å². The number of halogens is 1. The Morgan fingerprint density at radius 1 is 1.20 bits per heavy atom. The molecule has 0 unspecified atom stereocenters. The van der Waals surface area contributed by atoms with Crippen molar-refractivity contribution in [1.29, 1.82) is 0 Å². The van der Waals surface area contributed by atoms with E-state index in [-0.39, 0.29) is 11.6 Å². The molecule has 2 aromatic rings. The number of hydrogen-bond donors (Lipinski definition) is 1. The highest BCUT2D eigenvalue weighted by Gasteiger charge is 2.20. The van der Waals surface area contributed by atoms with E-state index >= 15 is 0 Å². The minimum atomic E-state index is -0.456. The van der Waals surface area contributed by atoms with Crippen LogP contribution in [0.3, 0.4) is 0 Å². The summed E-state index contributed by atoms with van der Waals surface area (Å²) in [5, 5.41) is 2.62. The van der Waals surface area contributed by atoms with Gasteiger partial charge >= 0.3 is 0 Å². The minimum Gasteiger partial charge on any atom is -0.497 e. The largest absolute Gasteiger partial charge is 0.497 e. The van der Waals surface area contributed by atoms with Crippen molar-refractivity contribution >= 4 is 11.6 Å². The third-order valence-corrected chi connectivity index (χ3v) is 4.09. The van der Waals surface area contributed by atoms with Crippen molar-refractivity contribution < 1.29 is 18.7 Å². The van der Waals surface area contributed by atoms with Crippen LogP contribution in [0.15, 0.2) is 42.5 Å². The molecule has 0 fully saturated rings.